The smallest absolute Gasteiger partial charge is 0.202 e. The molecule has 25 heavy (non-hydrogen) atoms. The number of benzene rings is 2. The minimum atomic E-state index is -0.543. The second-order valence-corrected chi connectivity index (χ2v) is 6.46. The van der Waals surface area contributed by atoms with E-state index < -0.39 is 11.6 Å². The third kappa shape index (κ3) is 2.02. The highest BCUT2D eigenvalue weighted by Crippen LogP contribution is 2.46. The van der Waals surface area contributed by atoms with Gasteiger partial charge in [-0.15, -0.1) is 0 Å². The monoisotopic (exact) mass is 356 g/mol. The number of hydrogen-bond acceptors (Lipinski definition) is 5. The third-order valence-electron chi connectivity index (χ3n) is 4.70. The molecule has 5 nitrogen and oxygen atoms in total. The van der Waals surface area contributed by atoms with Gasteiger partial charge in [0.25, 0.3) is 0 Å². The number of halogens is 1. The summed E-state index contributed by atoms with van der Waals surface area (Å²) in [6, 6.07) is 4.68. The molecule has 2 aromatic carbocycles. The van der Waals surface area contributed by atoms with Crippen LogP contribution in [-0.2, 0) is 12.8 Å². The Hall–Kier alpha value is -2.79. The van der Waals surface area contributed by atoms with Crippen LogP contribution in [0.1, 0.15) is 43.0 Å². The minimum Gasteiger partial charge on any atom is -0.507 e. The Morgan fingerprint density at radius 3 is 2.40 bits per heavy atom. The number of carbonyl (C=O) groups is 2. The Bertz CT molecular complexity index is 1000. The van der Waals surface area contributed by atoms with Crippen LogP contribution in [0.25, 0.3) is 0 Å². The van der Waals surface area contributed by atoms with Crippen molar-refractivity contribution in [2.24, 2.45) is 0 Å². The molecule has 0 amide bonds. The Morgan fingerprint density at radius 1 is 1.00 bits per heavy atom. The Labute approximate surface area is 148 Å². The van der Waals surface area contributed by atoms with Crippen molar-refractivity contribution in [3.63, 3.8) is 0 Å². The van der Waals surface area contributed by atoms with Crippen molar-refractivity contribution >= 4 is 23.2 Å². The summed E-state index contributed by atoms with van der Waals surface area (Å²) in [5.41, 5.74) is 0.694. The molecule has 0 saturated carbocycles. The zero-order valence-electron chi connectivity index (χ0n) is 13.2. The van der Waals surface area contributed by atoms with Crippen LogP contribution in [0.5, 0.6) is 17.2 Å². The molecule has 2 N–H and O–H groups in total. The quantitative estimate of drug-likeness (QED) is 0.654. The summed E-state index contributed by atoms with van der Waals surface area (Å²) in [6.45, 7) is 0. The predicted molar refractivity (Wildman–Crippen MR) is 91.0 cm³/mol. The Morgan fingerprint density at radius 2 is 1.68 bits per heavy atom. The molecule has 126 valence electrons. The summed E-state index contributed by atoms with van der Waals surface area (Å²) >= 11 is 6.04. The van der Waals surface area contributed by atoms with Gasteiger partial charge in [-0.1, -0.05) is 29.8 Å². The highest BCUT2D eigenvalue weighted by Gasteiger charge is 2.39. The standard InChI is InChI=1S/C19H13ClO5/c1-25-12-4-2-3-10-13(12)19(24)15-14(17(10)22)18(23)11-7-8(20)5-6-9(11)16(15)21/h2-5,21,23H,6-7H2,1H3. The molecule has 0 bridgehead atoms. The molecule has 0 aromatic heterocycles. The van der Waals surface area contributed by atoms with Crippen LogP contribution < -0.4 is 4.74 Å². The first-order valence-corrected chi connectivity index (χ1v) is 8.04. The Balaban J connectivity index is 2.06. The molecular formula is C19H13ClO5. The van der Waals surface area contributed by atoms with Crippen LogP contribution in [0, 0.1) is 0 Å². The molecule has 0 atom stereocenters. The van der Waals surface area contributed by atoms with E-state index in [1.54, 1.807) is 18.2 Å². The topological polar surface area (TPSA) is 83.8 Å². The van der Waals surface area contributed by atoms with Crippen molar-refractivity contribution in [3.8, 4) is 17.2 Å². The van der Waals surface area contributed by atoms with Gasteiger partial charge in [0.15, 0.2) is 5.78 Å². The van der Waals surface area contributed by atoms with Crippen LogP contribution in [-0.4, -0.2) is 28.9 Å². The molecule has 2 aromatic rings. The van der Waals surface area contributed by atoms with E-state index in [1.165, 1.54) is 13.2 Å². The van der Waals surface area contributed by atoms with E-state index in [9.17, 15) is 19.8 Å². The van der Waals surface area contributed by atoms with Crippen molar-refractivity contribution in [1.29, 1.82) is 0 Å². The van der Waals surface area contributed by atoms with E-state index in [4.69, 9.17) is 16.3 Å². The molecule has 6 heteroatoms. The molecule has 0 fully saturated rings. The van der Waals surface area contributed by atoms with Gasteiger partial charge in [0.1, 0.15) is 17.2 Å². The molecule has 2 aliphatic rings. The minimum absolute atomic E-state index is 0.0986. The van der Waals surface area contributed by atoms with E-state index in [0.717, 1.165) is 0 Å². The Kier molecular flexibility index (Phi) is 3.37. The van der Waals surface area contributed by atoms with Crippen LogP contribution in [0.4, 0.5) is 0 Å². The summed E-state index contributed by atoms with van der Waals surface area (Å²) in [5, 5.41) is 21.8. The van der Waals surface area contributed by atoms with Crippen molar-refractivity contribution in [2.45, 2.75) is 12.8 Å². The van der Waals surface area contributed by atoms with Gasteiger partial charge >= 0.3 is 0 Å². The van der Waals surface area contributed by atoms with Crippen LogP contribution >= 0.6 is 11.6 Å². The first-order valence-electron chi connectivity index (χ1n) is 7.66. The fourth-order valence-corrected chi connectivity index (χ4v) is 3.73. The highest BCUT2D eigenvalue weighted by molar-refractivity contribution is 6.32. The third-order valence-corrected chi connectivity index (χ3v) is 4.99. The second-order valence-electron chi connectivity index (χ2n) is 5.98. The maximum Gasteiger partial charge on any atom is 0.202 e. The first-order chi connectivity index (χ1) is 12.0. The lowest BCUT2D eigenvalue weighted by Crippen LogP contribution is -2.23. The van der Waals surface area contributed by atoms with Crippen molar-refractivity contribution in [2.75, 3.05) is 7.11 Å². The molecule has 0 unspecified atom stereocenters. The summed E-state index contributed by atoms with van der Waals surface area (Å²) < 4.78 is 5.20. The van der Waals surface area contributed by atoms with Crippen molar-refractivity contribution in [1.82, 2.24) is 0 Å². The average molecular weight is 357 g/mol. The summed E-state index contributed by atoms with van der Waals surface area (Å²) in [6.07, 6.45) is 2.19. The van der Waals surface area contributed by atoms with E-state index in [-0.39, 0.29) is 52.3 Å². The summed E-state index contributed by atoms with van der Waals surface area (Å²) in [7, 11) is 1.40. The van der Waals surface area contributed by atoms with E-state index in [2.05, 4.69) is 0 Å². The molecule has 0 aliphatic heterocycles. The normalized spacial score (nSPS) is 15.2. The zero-order chi connectivity index (χ0) is 17.9. The van der Waals surface area contributed by atoms with Gasteiger partial charge in [0.05, 0.1) is 23.8 Å². The molecular weight excluding hydrogens is 344 g/mol. The van der Waals surface area contributed by atoms with Crippen LogP contribution in [0.3, 0.4) is 0 Å². The van der Waals surface area contributed by atoms with Gasteiger partial charge in [-0.25, -0.2) is 0 Å². The SMILES string of the molecule is COc1cccc2c1C(=O)c1c(O)c3c(c(O)c1C2=O)CC(Cl)=CC3. The maximum atomic E-state index is 13.0. The predicted octanol–water partition coefficient (Wildman–Crippen LogP) is 3.10. The van der Waals surface area contributed by atoms with Gasteiger partial charge in [0.2, 0.25) is 5.78 Å². The number of rotatable bonds is 1. The van der Waals surface area contributed by atoms with Crippen molar-refractivity contribution in [3.05, 3.63) is 62.7 Å². The molecule has 0 radical (unpaired) electrons. The average Bonchev–Trinajstić information content (AvgIpc) is 2.61. The number of allylic oxidation sites excluding steroid dienone is 2. The summed E-state index contributed by atoms with van der Waals surface area (Å²) in [4.78, 5) is 25.9. The van der Waals surface area contributed by atoms with Gasteiger partial charge in [-0.05, 0) is 12.5 Å². The van der Waals surface area contributed by atoms with E-state index in [1.807, 2.05) is 0 Å². The van der Waals surface area contributed by atoms with Crippen LogP contribution in [0.15, 0.2) is 29.3 Å². The van der Waals surface area contributed by atoms with Gasteiger partial charge in [-0.2, -0.15) is 0 Å². The molecule has 0 heterocycles. The number of fused-ring (bicyclic) bond motifs is 3. The highest BCUT2D eigenvalue weighted by atomic mass is 35.5. The lowest BCUT2D eigenvalue weighted by molar-refractivity contribution is 0.0971. The lowest BCUT2D eigenvalue weighted by atomic mass is 9.78. The zero-order valence-corrected chi connectivity index (χ0v) is 14.0. The van der Waals surface area contributed by atoms with Crippen molar-refractivity contribution < 1.29 is 24.5 Å². The number of carbonyl (C=O) groups excluding carboxylic acids is 2. The van der Waals surface area contributed by atoms with Gasteiger partial charge in [0, 0.05) is 28.1 Å². The van der Waals surface area contributed by atoms with E-state index >= 15 is 0 Å². The summed E-state index contributed by atoms with van der Waals surface area (Å²) in [5.74, 6) is -1.39. The molecule has 4 rings (SSSR count). The van der Waals surface area contributed by atoms with Gasteiger partial charge in [-0.3, -0.25) is 9.59 Å². The van der Waals surface area contributed by atoms with Crippen LogP contribution in [0.2, 0.25) is 0 Å². The fourth-order valence-electron chi connectivity index (χ4n) is 3.52. The fraction of sp³-hybridized carbons (Fsp3) is 0.158. The molecule has 0 spiro atoms. The van der Waals surface area contributed by atoms with Gasteiger partial charge < -0.3 is 14.9 Å². The maximum absolute atomic E-state index is 13.0. The number of phenolic OH excluding ortho intramolecular Hbond substituents is 2. The first kappa shape index (κ1) is 15.7. The number of methoxy groups -OCH3 is 1. The van der Waals surface area contributed by atoms with E-state index in [0.29, 0.717) is 16.2 Å². The number of aromatic hydroxyl groups is 2. The largest absolute Gasteiger partial charge is 0.507 e. The number of hydrogen-bond donors (Lipinski definition) is 2. The second kappa shape index (κ2) is 5.36. The number of ether oxygens (including phenoxy) is 1. The lowest BCUT2D eigenvalue weighted by Gasteiger charge is -2.26. The number of ketones is 2. The molecule has 2 aliphatic carbocycles. The molecule has 0 saturated heterocycles. The number of phenols is 2.